The summed E-state index contributed by atoms with van der Waals surface area (Å²) in [5.41, 5.74) is 1.90. The molecule has 0 aliphatic heterocycles. The molecule has 0 aliphatic rings. The molecule has 0 atom stereocenters. The summed E-state index contributed by atoms with van der Waals surface area (Å²) in [6.45, 7) is 0.824. The summed E-state index contributed by atoms with van der Waals surface area (Å²) in [6, 6.07) is 20.7. The van der Waals surface area contributed by atoms with Crippen molar-refractivity contribution >= 4 is 37.5 Å². The SMILES string of the molecule is CN(C)CCc1c(NS(=O)(=O)c2cccc3ccccc23)[nH]c2ccccc12. The highest BCUT2D eigenvalue weighted by Gasteiger charge is 2.21. The molecule has 28 heavy (non-hydrogen) atoms. The molecule has 4 rings (SSSR count). The molecule has 0 saturated heterocycles. The summed E-state index contributed by atoms with van der Waals surface area (Å²) in [4.78, 5) is 5.62. The van der Waals surface area contributed by atoms with Gasteiger partial charge in [-0.2, -0.15) is 0 Å². The van der Waals surface area contributed by atoms with Crippen molar-refractivity contribution in [3.63, 3.8) is 0 Å². The Morgan fingerprint density at radius 3 is 2.36 bits per heavy atom. The minimum Gasteiger partial charge on any atom is -0.341 e. The Kier molecular flexibility index (Phi) is 4.83. The second kappa shape index (κ2) is 7.30. The van der Waals surface area contributed by atoms with Crippen LogP contribution in [0.1, 0.15) is 5.56 Å². The van der Waals surface area contributed by atoms with Crippen LogP contribution in [0.3, 0.4) is 0 Å². The number of hydrogen-bond donors (Lipinski definition) is 2. The number of hydrogen-bond acceptors (Lipinski definition) is 3. The van der Waals surface area contributed by atoms with Crippen molar-refractivity contribution in [2.45, 2.75) is 11.3 Å². The molecule has 0 aliphatic carbocycles. The van der Waals surface area contributed by atoms with Gasteiger partial charge in [0.15, 0.2) is 0 Å². The fourth-order valence-electron chi connectivity index (χ4n) is 3.50. The summed E-state index contributed by atoms with van der Waals surface area (Å²) in [7, 11) is 0.274. The number of H-pyrrole nitrogens is 1. The molecular formula is C22H23N3O2S. The highest BCUT2D eigenvalue weighted by Crippen LogP contribution is 2.30. The molecule has 1 aromatic heterocycles. The highest BCUT2D eigenvalue weighted by molar-refractivity contribution is 7.93. The second-order valence-electron chi connectivity index (χ2n) is 7.16. The van der Waals surface area contributed by atoms with Crippen molar-refractivity contribution in [2.75, 3.05) is 25.4 Å². The number of aromatic nitrogens is 1. The Hall–Kier alpha value is -2.83. The lowest BCUT2D eigenvalue weighted by Gasteiger charge is -2.13. The topological polar surface area (TPSA) is 65.2 Å². The van der Waals surface area contributed by atoms with Crippen LogP contribution in [0, 0.1) is 0 Å². The predicted octanol–water partition coefficient (Wildman–Crippen LogP) is 4.23. The maximum absolute atomic E-state index is 13.2. The first-order valence-corrected chi connectivity index (χ1v) is 10.7. The van der Waals surface area contributed by atoms with Gasteiger partial charge in [-0.15, -0.1) is 0 Å². The Balaban J connectivity index is 1.79. The van der Waals surface area contributed by atoms with Crippen LogP contribution in [0.25, 0.3) is 21.7 Å². The molecule has 2 N–H and O–H groups in total. The van der Waals surface area contributed by atoms with Gasteiger partial charge in [-0.05, 0) is 38.0 Å². The molecule has 0 amide bonds. The van der Waals surface area contributed by atoms with Gasteiger partial charge in [-0.3, -0.25) is 4.72 Å². The van der Waals surface area contributed by atoms with Gasteiger partial charge < -0.3 is 9.88 Å². The van der Waals surface area contributed by atoms with Crippen LogP contribution < -0.4 is 4.72 Å². The standard InChI is InChI=1S/C22H23N3O2S/c1-25(2)15-14-19-18-11-5-6-12-20(18)23-22(19)24-28(26,27)21-13-7-9-16-8-3-4-10-17(16)21/h3-13,23-24H,14-15H2,1-2H3. The third-order valence-corrected chi connectivity index (χ3v) is 6.31. The van der Waals surface area contributed by atoms with E-state index in [2.05, 4.69) is 14.6 Å². The van der Waals surface area contributed by atoms with Crippen molar-refractivity contribution in [3.8, 4) is 0 Å². The van der Waals surface area contributed by atoms with Gasteiger partial charge in [0.05, 0.1) is 4.90 Å². The number of rotatable bonds is 6. The van der Waals surface area contributed by atoms with Crippen LogP contribution >= 0.6 is 0 Å². The van der Waals surface area contributed by atoms with Crippen LogP contribution in [0.4, 0.5) is 5.82 Å². The summed E-state index contributed by atoms with van der Waals surface area (Å²) >= 11 is 0. The van der Waals surface area contributed by atoms with E-state index in [-0.39, 0.29) is 4.90 Å². The lowest BCUT2D eigenvalue weighted by molar-refractivity contribution is 0.414. The fourth-order valence-corrected chi connectivity index (χ4v) is 4.79. The molecule has 0 spiro atoms. The van der Waals surface area contributed by atoms with Gasteiger partial charge >= 0.3 is 0 Å². The van der Waals surface area contributed by atoms with Crippen molar-refractivity contribution < 1.29 is 8.42 Å². The molecule has 0 radical (unpaired) electrons. The fraction of sp³-hybridized carbons (Fsp3) is 0.182. The van der Waals surface area contributed by atoms with Gasteiger partial charge in [0.2, 0.25) is 0 Å². The van der Waals surface area contributed by atoms with Crippen molar-refractivity contribution in [3.05, 3.63) is 72.3 Å². The maximum atomic E-state index is 13.2. The molecule has 144 valence electrons. The Morgan fingerprint density at radius 1 is 0.893 bits per heavy atom. The van der Waals surface area contributed by atoms with E-state index in [1.54, 1.807) is 12.1 Å². The average molecular weight is 394 g/mol. The minimum absolute atomic E-state index is 0.280. The van der Waals surface area contributed by atoms with Crippen LogP contribution in [0.2, 0.25) is 0 Å². The number of nitrogens with one attached hydrogen (secondary N) is 2. The monoisotopic (exact) mass is 393 g/mol. The summed E-state index contributed by atoms with van der Waals surface area (Å²) < 4.78 is 29.3. The number of likely N-dealkylation sites (N-methyl/N-ethyl adjacent to an activating group) is 1. The van der Waals surface area contributed by atoms with Crippen molar-refractivity contribution in [1.82, 2.24) is 9.88 Å². The summed E-state index contributed by atoms with van der Waals surface area (Å²) in [5.74, 6) is 0.538. The molecular weight excluding hydrogens is 370 g/mol. The second-order valence-corrected chi connectivity index (χ2v) is 8.81. The minimum atomic E-state index is -3.74. The van der Waals surface area contributed by atoms with E-state index in [0.717, 1.165) is 34.8 Å². The molecule has 0 saturated carbocycles. The third kappa shape index (κ3) is 3.48. The predicted molar refractivity (Wildman–Crippen MR) is 115 cm³/mol. The van der Waals surface area contributed by atoms with Gasteiger partial charge in [0, 0.05) is 28.4 Å². The molecule has 5 nitrogen and oxygen atoms in total. The molecule has 0 fully saturated rings. The summed E-state index contributed by atoms with van der Waals surface area (Å²) in [6.07, 6.45) is 0.740. The van der Waals surface area contributed by atoms with E-state index in [1.165, 1.54) is 0 Å². The molecule has 4 aromatic rings. The lowest BCUT2D eigenvalue weighted by atomic mass is 10.1. The number of nitrogens with zero attached hydrogens (tertiary/aromatic N) is 1. The van der Waals surface area contributed by atoms with Gasteiger partial charge in [0.25, 0.3) is 10.0 Å². The number of sulfonamides is 1. The highest BCUT2D eigenvalue weighted by atomic mass is 32.2. The van der Waals surface area contributed by atoms with Crippen molar-refractivity contribution in [2.24, 2.45) is 0 Å². The van der Waals surface area contributed by atoms with E-state index in [1.807, 2.05) is 68.7 Å². The quantitative estimate of drug-likeness (QED) is 0.515. The third-order valence-electron chi connectivity index (χ3n) is 4.90. The number of fused-ring (bicyclic) bond motifs is 2. The summed E-state index contributed by atoms with van der Waals surface area (Å²) in [5, 5.41) is 2.65. The van der Waals surface area contributed by atoms with E-state index in [9.17, 15) is 8.42 Å². The molecule has 0 unspecified atom stereocenters. The van der Waals surface area contributed by atoms with E-state index in [4.69, 9.17) is 0 Å². The van der Waals surface area contributed by atoms with Crippen LogP contribution in [0.15, 0.2) is 71.6 Å². The van der Waals surface area contributed by atoms with E-state index < -0.39 is 10.0 Å². The number of benzene rings is 3. The first kappa shape index (κ1) is 18.5. The first-order chi connectivity index (χ1) is 13.5. The van der Waals surface area contributed by atoms with Crippen LogP contribution in [0.5, 0.6) is 0 Å². The molecule has 6 heteroatoms. The Bertz CT molecular complexity index is 1240. The maximum Gasteiger partial charge on any atom is 0.263 e. The Labute approximate surface area is 165 Å². The molecule has 3 aromatic carbocycles. The normalized spacial score (nSPS) is 12.1. The molecule has 1 heterocycles. The van der Waals surface area contributed by atoms with Gasteiger partial charge in [-0.1, -0.05) is 54.6 Å². The smallest absolute Gasteiger partial charge is 0.263 e. The Morgan fingerprint density at radius 2 is 1.57 bits per heavy atom. The van der Waals surface area contributed by atoms with E-state index >= 15 is 0 Å². The van der Waals surface area contributed by atoms with Crippen LogP contribution in [-0.2, 0) is 16.4 Å². The first-order valence-electron chi connectivity index (χ1n) is 9.20. The largest absolute Gasteiger partial charge is 0.341 e. The van der Waals surface area contributed by atoms with Gasteiger partial charge in [-0.25, -0.2) is 8.42 Å². The van der Waals surface area contributed by atoms with Crippen LogP contribution in [-0.4, -0.2) is 38.9 Å². The van der Waals surface area contributed by atoms with Gasteiger partial charge in [0.1, 0.15) is 5.82 Å². The molecule has 0 bridgehead atoms. The van der Waals surface area contributed by atoms with Crippen molar-refractivity contribution in [1.29, 1.82) is 0 Å². The number of para-hydroxylation sites is 1. The zero-order valence-electron chi connectivity index (χ0n) is 15.9. The zero-order chi connectivity index (χ0) is 19.7. The van der Waals surface area contributed by atoms with E-state index in [0.29, 0.717) is 11.2 Å². The average Bonchev–Trinajstić information content (AvgIpc) is 3.02. The lowest BCUT2D eigenvalue weighted by Crippen LogP contribution is -2.18. The number of anilines is 1. The zero-order valence-corrected chi connectivity index (χ0v) is 16.8. The number of aromatic amines is 1.